The molecule has 1 radical (unpaired) electrons. The van der Waals surface area contributed by atoms with Gasteiger partial charge in [0, 0.05) is 4.47 Å². The quantitative estimate of drug-likeness (QED) is 0.738. The number of nitrogens with one attached hydrogen (secondary N) is 1. The molecule has 1 aromatic carbocycles. The predicted molar refractivity (Wildman–Crippen MR) is 45.9 cm³/mol. The molecular formula is C8H7BrNO. The Kier molecular flexibility index (Phi) is 2.65. The summed E-state index contributed by atoms with van der Waals surface area (Å²) in [5, 5.41) is 0. The van der Waals surface area contributed by atoms with E-state index in [1.807, 2.05) is 24.3 Å². The number of carbonyl (C=O) groups is 1. The first-order chi connectivity index (χ1) is 5.20. The Balaban J connectivity index is 2.86. The van der Waals surface area contributed by atoms with E-state index in [-0.39, 0.29) is 6.42 Å². The molecule has 0 unspecified atom stereocenters. The monoisotopic (exact) mass is 212 g/mol. The number of rotatable bonds is 2. The van der Waals surface area contributed by atoms with Crippen LogP contribution in [0, 0.1) is 0 Å². The molecule has 1 amide bonds. The van der Waals surface area contributed by atoms with Crippen molar-refractivity contribution in [2.75, 3.05) is 0 Å². The molecule has 0 heterocycles. The molecule has 0 spiro atoms. The van der Waals surface area contributed by atoms with Gasteiger partial charge in [-0.15, -0.1) is 0 Å². The minimum absolute atomic E-state index is 0.182. The normalized spacial score (nSPS) is 9.55. The molecule has 0 fully saturated rings. The summed E-state index contributed by atoms with van der Waals surface area (Å²) in [6.07, 6.45) is 0.182. The first kappa shape index (κ1) is 8.27. The van der Waals surface area contributed by atoms with Crippen molar-refractivity contribution < 1.29 is 4.79 Å². The highest BCUT2D eigenvalue weighted by Gasteiger charge is 2.01. The van der Waals surface area contributed by atoms with E-state index in [4.69, 9.17) is 5.73 Å². The predicted octanol–water partition coefficient (Wildman–Crippen LogP) is 1.80. The van der Waals surface area contributed by atoms with Gasteiger partial charge in [-0.05, 0) is 11.6 Å². The lowest BCUT2D eigenvalue weighted by Crippen LogP contribution is -2.02. The zero-order chi connectivity index (χ0) is 8.27. The zero-order valence-corrected chi connectivity index (χ0v) is 7.39. The third-order valence-corrected chi connectivity index (χ3v) is 2.08. The van der Waals surface area contributed by atoms with E-state index in [1.165, 1.54) is 0 Å². The fraction of sp³-hybridized carbons (Fsp3) is 0.125. The van der Waals surface area contributed by atoms with Gasteiger partial charge in [0.1, 0.15) is 0 Å². The van der Waals surface area contributed by atoms with Gasteiger partial charge in [0.25, 0.3) is 0 Å². The highest BCUT2D eigenvalue weighted by Crippen LogP contribution is 2.15. The van der Waals surface area contributed by atoms with Crippen molar-refractivity contribution in [3.8, 4) is 0 Å². The van der Waals surface area contributed by atoms with Crippen LogP contribution in [0.1, 0.15) is 5.56 Å². The molecule has 0 aromatic heterocycles. The second-order valence-corrected chi connectivity index (χ2v) is 3.05. The second kappa shape index (κ2) is 3.53. The smallest absolute Gasteiger partial charge is 0.242 e. The lowest BCUT2D eigenvalue weighted by molar-refractivity contribution is -0.118. The highest BCUT2D eigenvalue weighted by molar-refractivity contribution is 9.10. The van der Waals surface area contributed by atoms with Crippen molar-refractivity contribution in [1.82, 2.24) is 5.73 Å². The topological polar surface area (TPSA) is 40.9 Å². The second-order valence-electron chi connectivity index (χ2n) is 2.19. The molecule has 0 aliphatic heterocycles. The van der Waals surface area contributed by atoms with E-state index in [0.29, 0.717) is 0 Å². The van der Waals surface area contributed by atoms with Crippen LogP contribution in [0.5, 0.6) is 0 Å². The summed E-state index contributed by atoms with van der Waals surface area (Å²) in [5.74, 6) is -0.558. The molecular weight excluding hydrogens is 206 g/mol. The first-order valence-electron chi connectivity index (χ1n) is 3.18. The molecule has 0 saturated heterocycles. The molecule has 11 heavy (non-hydrogen) atoms. The molecule has 3 heteroatoms. The fourth-order valence-electron chi connectivity index (χ4n) is 0.815. The molecule has 0 bridgehead atoms. The van der Waals surface area contributed by atoms with Crippen molar-refractivity contribution in [2.45, 2.75) is 6.42 Å². The first-order valence-corrected chi connectivity index (χ1v) is 3.97. The Morgan fingerprint density at radius 1 is 1.45 bits per heavy atom. The summed E-state index contributed by atoms with van der Waals surface area (Å²) < 4.78 is 0.889. The number of amides is 1. The Bertz CT molecular complexity index is 273. The van der Waals surface area contributed by atoms with Gasteiger partial charge < -0.3 is 0 Å². The average Bonchev–Trinajstić information content (AvgIpc) is 1.93. The summed E-state index contributed by atoms with van der Waals surface area (Å²) in [7, 11) is 0. The van der Waals surface area contributed by atoms with Gasteiger partial charge in [0.2, 0.25) is 5.91 Å². The number of carbonyl (C=O) groups excluding carboxylic acids is 1. The van der Waals surface area contributed by atoms with Gasteiger partial charge >= 0.3 is 0 Å². The van der Waals surface area contributed by atoms with Crippen LogP contribution < -0.4 is 5.73 Å². The zero-order valence-electron chi connectivity index (χ0n) is 5.80. The molecule has 57 valence electrons. The lowest BCUT2D eigenvalue weighted by atomic mass is 10.1. The van der Waals surface area contributed by atoms with Crippen LogP contribution in [-0.4, -0.2) is 5.91 Å². The lowest BCUT2D eigenvalue weighted by Gasteiger charge is -1.98. The minimum Gasteiger partial charge on any atom is -0.273 e. The highest BCUT2D eigenvalue weighted by atomic mass is 79.9. The summed E-state index contributed by atoms with van der Waals surface area (Å²) in [6, 6.07) is 7.42. The summed E-state index contributed by atoms with van der Waals surface area (Å²) in [5.41, 5.74) is 7.62. The van der Waals surface area contributed by atoms with Gasteiger partial charge in [0.05, 0.1) is 6.42 Å². The van der Waals surface area contributed by atoms with E-state index in [9.17, 15) is 4.79 Å². The maximum atomic E-state index is 10.4. The molecule has 0 saturated carbocycles. The summed E-state index contributed by atoms with van der Waals surface area (Å²) >= 11 is 3.29. The Labute approximate surface area is 73.5 Å². The van der Waals surface area contributed by atoms with Crippen molar-refractivity contribution in [3.05, 3.63) is 34.3 Å². The van der Waals surface area contributed by atoms with E-state index in [0.717, 1.165) is 10.0 Å². The van der Waals surface area contributed by atoms with Gasteiger partial charge in [-0.2, -0.15) is 0 Å². The minimum atomic E-state index is -0.558. The van der Waals surface area contributed by atoms with Gasteiger partial charge in [-0.3, -0.25) is 10.5 Å². The SMILES string of the molecule is [NH]C(=O)Cc1ccccc1Br. The number of hydrogen-bond donors (Lipinski definition) is 0. The summed E-state index contributed by atoms with van der Waals surface area (Å²) in [4.78, 5) is 10.4. The largest absolute Gasteiger partial charge is 0.273 e. The van der Waals surface area contributed by atoms with E-state index in [1.54, 1.807) is 0 Å². The molecule has 0 aliphatic rings. The van der Waals surface area contributed by atoms with Crippen LogP contribution in [0.25, 0.3) is 0 Å². The van der Waals surface area contributed by atoms with Gasteiger partial charge in [-0.1, -0.05) is 34.1 Å². The molecule has 1 N–H and O–H groups in total. The van der Waals surface area contributed by atoms with Crippen molar-refractivity contribution >= 4 is 21.8 Å². The van der Waals surface area contributed by atoms with Crippen LogP contribution in [0.4, 0.5) is 0 Å². The van der Waals surface area contributed by atoms with Crippen molar-refractivity contribution in [2.24, 2.45) is 0 Å². The van der Waals surface area contributed by atoms with E-state index in [2.05, 4.69) is 15.9 Å². The van der Waals surface area contributed by atoms with Crippen LogP contribution in [-0.2, 0) is 11.2 Å². The third-order valence-electron chi connectivity index (χ3n) is 1.31. The van der Waals surface area contributed by atoms with Crippen LogP contribution >= 0.6 is 15.9 Å². The number of benzene rings is 1. The molecule has 0 aliphatic carbocycles. The summed E-state index contributed by atoms with van der Waals surface area (Å²) in [6.45, 7) is 0. The standard InChI is InChI=1S/C8H7BrNO/c9-7-4-2-1-3-6(7)5-8(10)11/h1-4,10H,5H2. The van der Waals surface area contributed by atoms with E-state index >= 15 is 0 Å². The van der Waals surface area contributed by atoms with Crippen LogP contribution in [0.2, 0.25) is 0 Å². The molecule has 2 nitrogen and oxygen atoms in total. The fourth-order valence-corrected chi connectivity index (χ4v) is 1.24. The maximum Gasteiger partial charge on any atom is 0.242 e. The molecule has 1 rings (SSSR count). The van der Waals surface area contributed by atoms with Crippen molar-refractivity contribution in [1.29, 1.82) is 0 Å². The Hall–Kier alpha value is -0.830. The third kappa shape index (κ3) is 2.35. The van der Waals surface area contributed by atoms with Crippen LogP contribution in [0.15, 0.2) is 28.7 Å². The number of halogens is 1. The van der Waals surface area contributed by atoms with E-state index < -0.39 is 5.91 Å². The number of hydrogen-bond acceptors (Lipinski definition) is 1. The van der Waals surface area contributed by atoms with Crippen LogP contribution in [0.3, 0.4) is 0 Å². The maximum absolute atomic E-state index is 10.4. The van der Waals surface area contributed by atoms with Gasteiger partial charge in [0.15, 0.2) is 0 Å². The molecule has 0 atom stereocenters. The van der Waals surface area contributed by atoms with Gasteiger partial charge in [-0.25, -0.2) is 0 Å². The molecule has 1 aromatic rings. The average molecular weight is 213 g/mol. The Morgan fingerprint density at radius 2 is 2.09 bits per heavy atom. The Morgan fingerprint density at radius 3 is 2.64 bits per heavy atom. The van der Waals surface area contributed by atoms with Crippen molar-refractivity contribution in [3.63, 3.8) is 0 Å².